The molecule has 0 aliphatic heterocycles. The third-order valence-electron chi connectivity index (χ3n) is 2.96. The van der Waals surface area contributed by atoms with Crippen LogP contribution in [0.1, 0.15) is 22.3 Å². The Labute approximate surface area is 120 Å². The molecule has 0 spiro atoms. The van der Waals surface area contributed by atoms with Crippen LogP contribution in [0.5, 0.6) is 0 Å². The minimum atomic E-state index is -0.917. The van der Waals surface area contributed by atoms with Gasteiger partial charge in [-0.1, -0.05) is 13.0 Å². The fourth-order valence-corrected chi connectivity index (χ4v) is 2.45. The molecule has 1 amide bonds. The summed E-state index contributed by atoms with van der Waals surface area (Å²) in [4.78, 5) is 23.9. The van der Waals surface area contributed by atoms with Crippen LogP contribution in [0.4, 0.5) is 0 Å². The lowest BCUT2D eigenvalue weighted by atomic mass is 10.2. The summed E-state index contributed by atoms with van der Waals surface area (Å²) in [5, 5.41) is 13.4. The second kappa shape index (κ2) is 6.38. The van der Waals surface area contributed by atoms with E-state index in [0.29, 0.717) is 12.2 Å². The number of amides is 1. The zero-order valence-electron chi connectivity index (χ0n) is 11.1. The van der Waals surface area contributed by atoms with Gasteiger partial charge in [0.25, 0.3) is 5.91 Å². The van der Waals surface area contributed by atoms with Gasteiger partial charge in [0.05, 0.1) is 12.5 Å². The summed E-state index contributed by atoms with van der Waals surface area (Å²) in [5.41, 5.74) is 0.538. The van der Waals surface area contributed by atoms with Gasteiger partial charge in [-0.25, -0.2) is 0 Å². The molecule has 0 aliphatic carbocycles. The molecule has 2 heterocycles. The van der Waals surface area contributed by atoms with E-state index in [0.717, 1.165) is 4.88 Å². The fourth-order valence-electron chi connectivity index (χ4n) is 1.75. The SMILES string of the molecule is CC(CNC(=O)c1cccn1Cc1cccs1)C(=O)O. The highest BCUT2D eigenvalue weighted by Gasteiger charge is 2.15. The van der Waals surface area contributed by atoms with Gasteiger partial charge in [-0.2, -0.15) is 0 Å². The van der Waals surface area contributed by atoms with Crippen molar-refractivity contribution in [1.82, 2.24) is 9.88 Å². The second-order valence-electron chi connectivity index (χ2n) is 4.55. The number of rotatable bonds is 6. The van der Waals surface area contributed by atoms with Gasteiger partial charge < -0.3 is 15.0 Å². The van der Waals surface area contributed by atoms with E-state index < -0.39 is 11.9 Å². The number of hydrogen-bond acceptors (Lipinski definition) is 3. The number of nitrogens with zero attached hydrogens (tertiary/aromatic N) is 1. The van der Waals surface area contributed by atoms with Crippen LogP contribution < -0.4 is 5.32 Å². The largest absolute Gasteiger partial charge is 0.481 e. The molecule has 2 rings (SSSR count). The first-order valence-corrected chi connectivity index (χ1v) is 7.14. The molecule has 1 atom stereocenters. The number of carbonyl (C=O) groups is 2. The van der Waals surface area contributed by atoms with E-state index in [4.69, 9.17) is 5.11 Å². The molecule has 0 bridgehead atoms. The lowest BCUT2D eigenvalue weighted by molar-refractivity contribution is -0.140. The average molecular weight is 292 g/mol. The third kappa shape index (κ3) is 3.48. The Hall–Kier alpha value is -2.08. The summed E-state index contributed by atoms with van der Waals surface area (Å²) in [6, 6.07) is 7.52. The van der Waals surface area contributed by atoms with Crippen LogP contribution in [0.15, 0.2) is 35.8 Å². The minimum absolute atomic E-state index is 0.123. The zero-order chi connectivity index (χ0) is 14.5. The minimum Gasteiger partial charge on any atom is -0.481 e. The molecular weight excluding hydrogens is 276 g/mol. The zero-order valence-corrected chi connectivity index (χ0v) is 11.9. The molecule has 1 unspecified atom stereocenters. The van der Waals surface area contributed by atoms with Crippen molar-refractivity contribution in [2.45, 2.75) is 13.5 Å². The Morgan fingerprint density at radius 2 is 2.20 bits per heavy atom. The van der Waals surface area contributed by atoms with Gasteiger partial charge in [-0.05, 0) is 23.6 Å². The number of nitrogens with one attached hydrogen (secondary N) is 1. The number of carboxylic acid groups (broad SMARTS) is 1. The molecule has 0 fully saturated rings. The topological polar surface area (TPSA) is 71.3 Å². The molecule has 6 heteroatoms. The Morgan fingerprint density at radius 1 is 1.40 bits per heavy atom. The molecule has 0 aromatic carbocycles. The van der Waals surface area contributed by atoms with Crippen LogP contribution in [-0.2, 0) is 11.3 Å². The van der Waals surface area contributed by atoms with Crippen molar-refractivity contribution in [3.8, 4) is 0 Å². The van der Waals surface area contributed by atoms with E-state index in [9.17, 15) is 9.59 Å². The normalized spacial score (nSPS) is 12.1. The molecule has 0 saturated heterocycles. The smallest absolute Gasteiger partial charge is 0.308 e. The van der Waals surface area contributed by atoms with E-state index in [2.05, 4.69) is 5.32 Å². The van der Waals surface area contributed by atoms with Crippen molar-refractivity contribution in [1.29, 1.82) is 0 Å². The van der Waals surface area contributed by atoms with Gasteiger partial charge >= 0.3 is 5.97 Å². The summed E-state index contributed by atoms with van der Waals surface area (Å²) in [6.45, 7) is 2.33. The quantitative estimate of drug-likeness (QED) is 0.856. The fraction of sp³-hybridized carbons (Fsp3) is 0.286. The van der Waals surface area contributed by atoms with Gasteiger partial charge in [0.1, 0.15) is 5.69 Å². The first kappa shape index (κ1) is 14.3. The van der Waals surface area contributed by atoms with Crippen molar-refractivity contribution in [2.24, 2.45) is 5.92 Å². The molecule has 0 radical (unpaired) electrons. The van der Waals surface area contributed by atoms with Crippen LogP contribution >= 0.6 is 11.3 Å². The van der Waals surface area contributed by atoms with Gasteiger partial charge in [-0.15, -0.1) is 11.3 Å². The maximum absolute atomic E-state index is 12.1. The van der Waals surface area contributed by atoms with Crippen LogP contribution in [0.25, 0.3) is 0 Å². The molecule has 20 heavy (non-hydrogen) atoms. The Morgan fingerprint density at radius 3 is 2.85 bits per heavy atom. The van der Waals surface area contributed by atoms with E-state index in [1.807, 2.05) is 34.3 Å². The summed E-state index contributed by atoms with van der Waals surface area (Å²) >= 11 is 1.63. The molecule has 106 valence electrons. The third-order valence-corrected chi connectivity index (χ3v) is 3.82. The molecule has 5 nitrogen and oxygen atoms in total. The van der Waals surface area contributed by atoms with Crippen molar-refractivity contribution in [3.05, 3.63) is 46.4 Å². The van der Waals surface area contributed by atoms with Crippen molar-refractivity contribution in [2.75, 3.05) is 6.54 Å². The molecule has 2 aromatic rings. The molecule has 0 saturated carbocycles. The Kier molecular flexibility index (Phi) is 4.57. The lowest BCUT2D eigenvalue weighted by Gasteiger charge is -2.10. The number of hydrogen-bond donors (Lipinski definition) is 2. The Bertz CT molecular complexity index is 589. The maximum Gasteiger partial charge on any atom is 0.308 e. The lowest BCUT2D eigenvalue weighted by Crippen LogP contribution is -2.32. The highest BCUT2D eigenvalue weighted by Crippen LogP contribution is 2.13. The predicted molar refractivity (Wildman–Crippen MR) is 77.0 cm³/mol. The van der Waals surface area contributed by atoms with Crippen LogP contribution in [-0.4, -0.2) is 28.1 Å². The van der Waals surface area contributed by atoms with E-state index in [1.54, 1.807) is 24.3 Å². The van der Waals surface area contributed by atoms with Gasteiger partial charge in [-0.3, -0.25) is 9.59 Å². The molecule has 2 N–H and O–H groups in total. The van der Waals surface area contributed by atoms with Gasteiger partial charge in [0.2, 0.25) is 0 Å². The number of carboxylic acids is 1. The van der Waals surface area contributed by atoms with Crippen molar-refractivity contribution in [3.63, 3.8) is 0 Å². The standard InChI is InChI=1S/C14H16N2O3S/c1-10(14(18)19)8-15-13(17)12-5-2-6-16(12)9-11-4-3-7-20-11/h2-7,10H,8-9H2,1H3,(H,15,17)(H,18,19). The highest BCUT2D eigenvalue weighted by atomic mass is 32.1. The van der Waals surface area contributed by atoms with Gasteiger partial charge in [0.15, 0.2) is 0 Å². The number of aromatic nitrogens is 1. The molecule has 0 aliphatic rings. The predicted octanol–water partition coefficient (Wildman–Crippen LogP) is 2.05. The second-order valence-corrected chi connectivity index (χ2v) is 5.58. The average Bonchev–Trinajstić information content (AvgIpc) is 3.07. The van der Waals surface area contributed by atoms with Crippen molar-refractivity contribution >= 4 is 23.2 Å². The summed E-state index contributed by atoms with van der Waals surface area (Å²) in [6.07, 6.45) is 1.84. The molecule has 2 aromatic heterocycles. The van der Waals surface area contributed by atoms with Gasteiger partial charge in [0, 0.05) is 17.6 Å². The highest BCUT2D eigenvalue weighted by molar-refractivity contribution is 7.09. The number of thiophene rings is 1. The van der Waals surface area contributed by atoms with E-state index in [-0.39, 0.29) is 12.5 Å². The summed E-state index contributed by atoms with van der Waals surface area (Å²) in [5.74, 6) is -1.77. The van der Waals surface area contributed by atoms with Crippen LogP contribution in [0, 0.1) is 5.92 Å². The first-order chi connectivity index (χ1) is 9.58. The van der Waals surface area contributed by atoms with Crippen LogP contribution in [0.3, 0.4) is 0 Å². The van der Waals surface area contributed by atoms with Crippen LogP contribution in [0.2, 0.25) is 0 Å². The Balaban J connectivity index is 2.00. The summed E-state index contributed by atoms with van der Waals surface area (Å²) in [7, 11) is 0. The maximum atomic E-state index is 12.1. The number of carbonyl (C=O) groups excluding carboxylic acids is 1. The number of aliphatic carboxylic acids is 1. The molecular formula is C14H16N2O3S. The van der Waals surface area contributed by atoms with E-state index in [1.165, 1.54) is 0 Å². The first-order valence-electron chi connectivity index (χ1n) is 6.26. The van der Waals surface area contributed by atoms with Crippen molar-refractivity contribution < 1.29 is 14.7 Å². The summed E-state index contributed by atoms with van der Waals surface area (Å²) < 4.78 is 1.85. The monoisotopic (exact) mass is 292 g/mol. The van der Waals surface area contributed by atoms with E-state index >= 15 is 0 Å².